The second-order valence-electron chi connectivity index (χ2n) is 6.05. The van der Waals surface area contributed by atoms with Crippen LogP contribution in [0.15, 0.2) is 24.3 Å². The second kappa shape index (κ2) is 6.58. The van der Waals surface area contributed by atoms with Crippen molar-refractivity contribution in [3.05, 3.63) is 35.4 Å². The predicted octanol–water partition coefficient (Wildman–Crippen LogP) is 3.06. The third kappa shape index (κ3) is 4.40. The number of benzene rings is 1. The predicted molar refractivity (Wildman–Crippen MR) is 81.6 cm³/mol. The molecule has 20 heavy (non-hydrogen) atoms. The Kier molecular flexibility index (Phi) is 5.35. The lowest BCUT2D eigenvalue weighted by molar-refractivity contribution is -0.138. The number of carbonyl (C=O) groups is 1. The van der Waals surface area contributed by atoms with Gasteiger partial charge in [-0.2, -0.15) is 0 Å². The maximum Gasteiger partial charge on any atom is 0.317 e. The van der Waals surface area contributed by atoms with Crippen molar-refractivity contribution in [2.45, 2.75) is 39.2 Å². The molecule has 0 aliphatic heterocycles. The maximum absolute atomic E-state index is 10.9. The van der Waals surface area contributed by atoms with Crippen LogP contribution in [-0.4, -0.2) is 29.1 Å². The first-order valence-corrected chi connectivity index (χ1v) is 6.75. The van der Waals surface area contributed by atoms with Gasteiger partial charge in [0.1, 0.15) is 0 Å². The van der Waals surface area contributed by atoms with E-state index in [1.54, 1.807) is 4.90 Å². The zero-order valence-corrected chi connectivity index (χ0v) is 12.7. The standard InChI is InChI=1S/C17H23NO2/c1-6-11-18(12-16(19)20)13(2)14-7-9-15(10-8-14)17(3,4)5/h1,7-10,13H,11-12H2,2-5H3,(H,19,20). The third-order valence-electron chi connectivity index (χ3n) is 3.44. The summed E-state index contributed by atoms with van der Waals surface area (Å²) in [6.07, 6.45) is 5.32. The van der Waals surface area contributed by atoms with Crippen LogP contribution in [-0.2, 0) is 10.2 Å². The van der Waals surface area contributed by atoms with Gasteiger partial charge in [0, 0.05) is 6.04 Å². The van der Waals surface area contributed by atoms with Crippen molar-refractivity contribution in [3.63, 3.8) is 0 Å². The zero-order valence-electron chi connectivity index (χ0n) is 12.7. The molecule has 1 aromatic carbocycles. The Morgan fingerprint density at radius 2 is 1.90 bits per heavy atom. The summed E-state index contributed by atoms with van der Waals surface area (Å²) in [7, 11) is 0. The molecule has 0 saturated heterocycles. The summed E-state index contributed by atoms with van der Waals surface area (Å²) in [5, 5.41) is 8.95. The summed E-state index contributed by atoms with van der Waals surface area (Å²) in [5.74, 6) is 1.66. The molecule has 1 N–H and O–H groups in total. The van der Waals surface area contributed by atoms with Crippen LogP contribution in [0.25, 0.3) is 0 Å². The van der Waals surface area contributed by atoms with Gasteiger partial charge in [-0.25, -0.2) is 0 Å². The Bertz CT molecular complexity index is 491. The van der Waals surface area contributed by atoms with E-state index >= 15 is 0 Å². The summed E-state index contributed by atoms with van der Waals surface area (Å²) in [5.41, 5.74) is 2.45. The van der Waals surface area contributed by atoms with Crippen LogP contribution in [0.3, 0.4) is 0 Å². The topological polar surface area (TPSA) is 40.5 Å². The van der Waals surface area contributed by atoms with E-state index in [-0.39, 0.29) is 18.0 Å². The molecule has 0 radical (unpaired) electrons. The van der Waals surface area contributed by atoms with E-state index in [4.69, 9.17) is 11.5 Å². The molecule has 3 nitrogen and oxygen atoms in total. The number of rotatable bonds is 5. The SMILES string of the molecule is C#CCN(CC(=O)O)C(C)c1ccc(C(C)(C)C)cc1. The monoisotopic (exact) mass is 273 g/mol. The van der Waals surface area contributed by atoms with Gasteiger partial charge >= 0.3 is 5.97 Å². The highest BCUT2D eigenvalue weighted by Crippen LogP contribution is 2.25. The number of terminal acetylenes is 1. The summed E-state index contributed by atoms with van der Waals surface area (Å²) < 4.78 is 0. The van der Waals surface area contributed by atoms with Gasteiger partial charge in [-0.05, 0) is 23.5 Å². The number of carboxylic acids is 1. The van der Waals surface area contributed by atoms with Gasteiger partial charge in [0.25, 0.3) is 0 Å². The summed E-state index contributed by atoms with van der Waals surface area (Å²) >= 11 is 0. The first-order valence-electron chi connectivity index (χ1n) is 6.75. The minimum atomic E-state index is -0.863. The first kappa shape index (κ1) is 16.3. The number of nitrogens with zero attached hydrogens (tertiary/aromatic N) is 1. The van der Waals surface area contributed by atoms with Gasteiger partial charge in [-0.3, -0.25) is 9.69 Å². The van der Waals surface area contributed by atoms with E-state index in [1.807, 2.05) is 6.92 Å². The molecule has 1 rings (SSSR count). The van der Waals surface area contributed by atoms with Crippen molar-refractivity contribution in [2.75, 3.05) is 13.1 Å². The van der Waals surface area contributed by atoms with Crippen molar-refractivity contribution >= 4 is 5.97 Å². The van der Waals surface area contributed by atoms with E-state index in [9.17, 15) is 4.79 Å². The van der Waals surface area contributed by atoms with Gasteiger partial charge in [0.2, 0.25) is 0 Å². The molecule has 3 heteroatoms. The van der Waals surface area contributed by atoms with Crippen LogP contribution in [0.1, 0.15) is 44.9 Å². The molecule has 1 aromatic rings. The van der Waals surface area contributed by atoms with Crippen LogP contribution >= 0.6 is 0 Å². The Morgan fingerprint density at radius 1 is 1.35 bits per heavy atom. The van der Waals surface area contributed by atoms with Gasteiger partial charge < -0.3 is 5.11 Å². The highest BCUT2D eigenvalue weighted by Gasteiger charge is 2.19. The molecule has 0 amide bonds. The molecule has 0 bridgehead atoms. The highest BCUT2D eigenvalue weighted by atomic mass is 16.4. The van der Waals surface area contributed by atoms with E-state index < -0.39 is 5.97 Å². The smallest absolute Gasteiger partial charge is 0.317 e. The van der Waals surface area contributed by atoms with Crippen molar-refractivity contribution in [1.82, 2.24) is 4.90 Å². The fourth-order valence-electron chi connectivity index (χ4n) is 2.09. The molecule has 1 unspecified atom stereocenters. The largest absolute Gasteiger partial charge is 0.480 e. The average Bonchev–Trinajstić information content (AvgIpc) is 2.36. The molecule has 0 heterocycles. The lowest BCUT2D eigenvalue weighted by Crippen LogP contribution is -2.32. The van der Waals surface area contributed by atoms with Crippen LogP contribution in [0.5, 0.6) is 0 Å². The van der Waals surface area contributed by atoms with Gasteiger partial charge in [0.05, 0.1) is 13.1 Å². The summed E-state index contributed by atoms with van der Waals surface area (Å²) in [4.78, 5) is 12.7. The first-order chi connectivity index (χ1) is 9.25. The molecule has 0 aliphatic rings. The van der Waals surface area contributed by atoms with E-state index in [1.165, 1.54) is 5.56 Å². The lowest BCUT2D eigenvalue weighted by Gasteiger charge is -2.27. The molecule has 0 spiro atoms. The van der Waals surface area contributed by atoms with Crippen LogP contribution in [0, 0.1) is 12.3 Å². The third-order valence-corrected chi connectivity index (χ3v) is 3.44. The van der Waals surface area contributed by atoms with E-state index in [0.29, 0.717) is 6.54 Å². The Hall–Kier alpha value is -1.79. The normalized spacial score (nSPS) is 13.0. The molecule has 0 aromatic heterocycles. The fraction of sp³-hybridized carbons (Fsp3) is 0.471. The van der Waals surface area contributed by atoms with Crippen molar-refractivity contribution < 1.29 is 9.90 Å². The molecule has 0 aliphatic carbocycles. The number of hydrogen-bond donors (Lipinski definition) is 1. The van der Waals surface area contributed by atoms with E-state index in [2.05, 4.69) is 51.0 Å². The van der Waals surface area contributed by atoms with Crippen molar-refractivity contribution in [1.29, 1.82) is 0 Å². The quantitative estimate of drug-likeness (QED) is 0.838. The summed E-state index contributed by atoms with van der Waals surface area (Å²) in [6, 6.07) is 8.28. The minimum absolute atomic E-state index is 0.0174. The van der Waals surface area contributed by atoms with Gasteiger partial charge in [0.15, 0.2) is 0 Å². The Balaban J connectivity index is 2.92. The Labute approximate surface area is 121 Å². The lowest BCUT2D eigenvalue weighted by atomic mass is 9.86. The van der Waals surface area contributed by atoms with Crippen LogP contribution < -0.4 is 0 Å². The number of aliphatic carboxylic acids is 1. The van der Waals surface area contributed by atoms with Gasteiger partial charge in [-0.15, -0.1) is 6.42 Å². The maximum atomic E-state index is 10.9. The average molecular weight is 273 g/mol. The minimum Gasteiger partial charge on any atom is -0.480 e. The second-order valence-corrected chi connectivity index (χ2v) is 6.05. The zero-order chi connectivity index (χ0) is 15.3. The van der Waals surface area contributed by atoms with Crippen molar-refractivity contribution in [3.8, 4) is 12.3 Å². The van der Waals surface area contributed by atoms with Gasteiger partial charge in [-0.1, -0.05) is 51.0 Å². The highest BCUT2D eigenvalue weighted by molar-refractivity contribution is 5.69. The number of hydrogen-bond acceptors (Lipinski definition) is 2. The molecule has 1 atom stereocenters. The van der Waals surface area contributed by atoms with Crippen molar-refractivity contribution in [2.24, 2.45) is 0 Å². The molecular formula is C17H23NO2. The molecular weight excluding hydrogens is 250 g/mol. The Morgan fingerprint density at radius 3 is 2.30 bits per heavy atom. The molecule has 0 saturated carbocycles. The molecule has 0 fully saturated rings. The summed E-state index contributed by atoms with van der Waals surface area (Å²) in [6.45, 7) is 8.76. The van der Waals surface area contributed by atoms with E-state index in [0.717, 1.165) is 5.56 Å². The fourth-order valence-corrected chi connectivity index (χ4v) is 2.09. The van der Waals surface area contributed by atoms with Crippen LogP contribution in [0.2, 0.25) is 0 Å². The molecule has 108 valence electrons. The number of carboxylic acid groups (broad SMARTS) is 1. The van der Waals surface area contributed by atoms with Crippen LogP contribution in [0.4, 0.5) is 0 Å².